The summed E-state index contributed by atoms with van der Waals surface area (Å²) in [6.45, 7) is 0. The van der Waals surface area contributed by atoms with Crippen molar-refractivity contribution < 1.29 is 4.74 Å². The summed E-state index contributed by atoms with van der Waals surface area (Å²) in [6, 6.07) is 12.9. The van der Waals surface area contributed by atoms with Crippen molar-refractivity contribution >= 4 is 23.4 Å². The van der Waals surface area contributed by atoms with Gasteiger partial charge in [-0.25, -0.2) is 0 Å². The van der Waals surface area contributed by atoms with Gasteiger partial charge in [-0.2, -0.15) is 10.2 Å². The van der Waals surface area contributed by atoms with Crippen LogP contribution < -0.4 is 4.74 Å². The molecule has 0 bridgehead atoms. The fourth-order valence-electron chi connectivity index (χ4n) is 2.00. The maximum Gasteiger partial charge on any atom is 0.215 e. The number of hydrogen-bond acceptors (Lipinski definition) is 4. The summed E-state index contributed by atoms with van der Waals surface area (Å²) in [5, 5.41) is 8.84. The van der Waals surface area contributed by atoms with E-state index in [1.807, 2.05) is 22.8 Å². The van der Waals surface area contributed by atoms with Crippen LogP contribution in [-0.2, 0) is 0 Å². The summed E-state index contributed by atoms with van der Waals surface area (Å²) in [5.74, 6) is 0.522. The Kier molecular flexibility index (Phi) is 2.97. The van der Waals surface area contributed by atoms with Crippen LogP contribution in [0.15, 0.2) is 36.4 Å². The zero-order chi connectivity index (χ0) is 14.1. The number of rotatable bonds is 2. The Morgan fingerprint density at radius 1 is 1.25 bits per heavy atom. The summed E-state index contributed by atoms with van der Waals surface area (Å²) in [5.41, 5.74) is 2.98. The number of methoxy groups -OCH3 is 1. The van der Waals surface area contributed by atoms with Crippen molar-refractivity contribution in [2.24, 2.45) is 0 Å². The second-order valence-corrected chi connectivity index (χ2v) is 4.54. The second kappa shape index (κ2) is 4.79. The van der Waals surface area contributed by atoms with Gasteiger partial charge in [0.05, 0.1) is 24.3 Å². The van der Waals surface area contributed by atoms with Crippen LogP contribution in [0.25, 0.3) is 16.9 Å². The molecule has 0 saturated heterocycles. The number of nitrogens with zero attached hydrogens (tertiary/aromatic N) is 3. The van der Waals surface area contributed by atoms with E-state index in [2.05, 4.69) is 16.0 Å². The van der Waals surface area contributed by atoms with Gasteiger partial charge in [-0.15, -0.1) is 0 Å². The average molecular weight is 282 g/mol. The van der Waals surface area contributed by atoms with Crippen LogP contribution in [0.1, 0.15) is 5.56 Å². The Hall–Kier alpha value is -2.65. The maximum absolute atomic E-state index is 8.84. The van der Waals surface area contributed by atoms with E-state index in [0.717, 1.165) is 11.2 Å². The van der Waals surface area contributed by atoms with Crippen molar-refractivity contribution in [3.63, 3.8) is 0 Å². The molecule has 2 heterocycles. The van der Waals surface area contributed by atoms with E-state index >= 15 is 0 Å². The highest BCUT2D eigenvalue weighted by Gasteiger charge is 2.09. The molecule has 1 N–H and O–H groups in total. The van der Waals surface area contributed by atoms with Crippen molar-refractivity contribution in [3.05, 3.63) is 46.7 Å². The zero-order valence-corrected chi connectivity index (χ0v) is 11.4. The fourth-order valence-corrected chi connectivity index (χ4v) is 2.31. The third kappa shape index (κ3) is 1.94. The number of aromatic nitrogens is 3. The van der Waals surface area contributed by atoms with Gasteiger partial charge in [0, 0.05) is 11.8 Å². The molecule has 0 aliphatic carbocycles. The minimum absolute atomic E-state index is 0.522. The number of aromatic amines is 1. The Morgan fingerprint density at radius 3 is 2.65 bits per heavy atom. The van der Waals surface area contributed by atoms with Crippen molar-refractivity contribution in [1.82, 2.24) is 14.5 Å². The summed E-state index contributed by atoms with van der Waals surface area (Å²) in [6.07, 6.45) is 0. The third-order valence-electron chi connectivity index (χ3n) is 2.97. The van der Waals surface area contributed by atoms with Crippen molar-refractivity contribution in [2.75, 3.05) is 7.11 Å². The molecule has 0 aliphatic heterocycles. The first-order chi connectivity index (χ1) is 9.72. The van der Waals surface area contributed by atoms with E-state index in [1.165, 1.54) is 0 Å². The Labute approximate surface area is 120 Å². The van der Waals surface area contributed by atoms with E-state index in [0.29, 0.717) is 21.9 Å². The van der Waals surface area contributed by atoms with Crippen molar-refractivity contribution in [1.29, 1.82) is 5.26 Å². The number of benzene rings is 1. The zero-order valence-electron chi connectivity index (χ0n) is 10.6. The molecule has 0 radical (unpaired) electrons. The van der Waals surface area contributed by atoms with Gasteiger partial charge >= 0.3 is 0 Å². The van der Waals surface area contributed by atoms with Crippen molar-refractivity contribution in [3.8, 4) is 17.6 Å². The first-order valence-electron chi connectivity index (χ1n) is 5.89. The van der Waals surface area contributed by atoms with Gasteiger partial charge in [-0.1, -0.05) is 0 Å². The van der Waals surface area contributed by atoms with E-state index in [1.54, 1.807) is 25.3 Å². The predicted molar refractivity (Wildman–Crippen MR) is 77.5 cm³/mol. The fraction of sp³-hybridized carbons (Fsp3) is 0.0714. The topological polar surface area (TPSA) is 66.6 Å². The Morgan fingerprint density at radius 2 is 2.00 bits per heavy atom. The van der Waals surface area contributed by atoms with E-state index in [4.69, 9.17) is 22.2 Å². The van der Waals surface area contributed by atoms with Crippen LogP contribution in [0.3, 0.4) is 0 Å². The second-order valence-electron chi connectivity index (χ2n) is 4.15. The molecule has 0 fully saturated rings. The van der Waals surface area contributed by atoms with Crippen LogP contribution in [-0.4, -0.2) is 21.6 Å². The minimum Gasteiger partial charge on any atom is -0.481 e. The molecular weight excluding hydrogens is 272 g/mol. The third-order valence-corrected chi connectivity index (χ3v) is 3.25. The summed E-state index contributed by atoms with van der Waals surface area (Å²) < 4.78 is 7.50. The highest BCUT2D eigenvalue weighted by atomic mass is 32.1. The van der Waals surface area contributed by atoms with Crippen LogP contribution in [0, 0.1) is 16.1 Å². The molecule has 0 amide bonds. The summed E-state index contributed by atoms with van der Waals surface area (Å²) >= 11 is 5.34. The molecule has 0 unspecified atom stereocenters. The van der Waals surface area contributed by atoms with E-state index in [9.17, 15) is 0 Å². The normalized spacial score (nSPS) is 10.4. The quantitative estimate of drug-likeness (QED) is 0.734. The number of ether oxygens (including phenoxy) is 1. The Bertz CT molecular complexity index is 871. The van der Waals surface area contributed by atoms with Crippen molar-refractivity contribution in [2.45, 2.75) is 0 Å². The lowest BCUT2D eigenvalue weighted by molar-refractivity contribution is 0.399. The lowest BCUT2D eigenvalue weighted by Gasteiger charge is -2.04. The summed E-state index contributed by atoms with van der Waals surface area (Å²) in [7, 11) is 1.57. The largest absolute Gasteiger partial charge is 0.481 e. The molecule has 1 aromatic carbocycles. The van der Waals surface area contributed by atoms with E-state index in [-0.39, 0.29) is 0 Å². The molecule has 0 spiro atoms. The molecule has 0 aliphatic rings. The number of hydrogen-bond donors (Lipinski definition) is 1. The molecule has 0 atom stereocenters. The number of imidazole rings is 1. The minimum atomic E-state index is 0.522. The van der Waals surface area contributed by atoms with Gasteiger partial charge in [0.2, 0.25) is 5.88 Å². The first kappa shape index (κ1) is 12.4. The lowest BCUT2D eigenvalue weighted by Crippen LogP contribution is -1.96. The van der Waals surface area contributed by atoms with Crippen LogP contribution in [0.5, 0.6) is 5.88 Å². The maximum atomic E-state index is 8.84. The van der Waals surface area contributed by atoms with Gasteiger partial charge in [0.15, 0.2) is 10.4 Å². The summed E-state index contributed by atoms with van der Waals surface area (Å²) in [4.78, 5) is 7.51. The van der Waals surface area contributed by atoms with Gasteiger partial charge in [0.25, 0.3) is 0 Å². The molecule has 98 valence electrons. The molecule has 6 heteroatoms. The number of pyridine rings is 1. The van der Waals surface area contributed by atoms with Gasteiger partial charge < -0.3 is 9.72 Å². The Balaban J connectivity index is 2.26. The van der Waals surface area contributed by atoms with Crippen LogP contribution >= 0.6 is 12.2 Å². The lowest BCUT2D eigenvalue weighted by atomic mass is 10.2. The molecule has 5 nitrogen and oxygen atoms in total. The smallest absolute Gasteiger partial charge is 0.215 e. The van der Waals surface area contributed by atoms with Gasteiger partial charge in [-0.05, 0) is 42.5 Å². The predicted octanol–water partition coefficient (Wildman–Crippen LogP) is 2.96. The molecule has 0 saturated carbocycles. The average Bonchev–Trinajstić information content (AvgIpc) is 2.82. The highest BCUT2D eigenvalue weighted by Crippen LogP contribution is 2.20. The number of nitriles is 1. The van der Waals surface area contributed by atoms with Crippen LogP contribution in [0.2, 0.25) is 0 Å². The van der Waals surface area contributed by atoms with Gasteiger partial charge in [-0.3, -0.25) is 4.57 Å². The molecule has 3 rings (SSSR count). The number of nitrogens with one attached hydrogen (secondary N) is 1. The van der Waals surface area contributed by atoms with Gasteiger partial charge in [0.1, 0.15) is 0 Å². The number of H-pyrrole nitrogens is 1. The van der Waals surface area contributed by atoms with E-state index < -0.39 is 0 Å². The molecule has 2 aromatic heterocycles. The SMILES string of the molecule is COc1ccc2[nH]c(=S)n(-c3ccc(C#N)cc3)c2n1. The molecule has 20 heavy (non-hydrogen) atoms. The highest BCUT2D eigenvalue weighted by molar-refractivity contribution is 7.71. The standard InChI is InChI=1S/C14H10N4OS/c1-19-12-7-6-11-13(17-12)18(14(20)16-11)10-4-2-9(8-15)3-5-10/h2-7H,1H3,(H,16,20). The molecular formula is C14H10N4OS. The van der Waals surface area contributed by atoms with Crippen LogP contribution in [0.4, 0.5) is 0 Å². The first-order valence-corrected chi connectivity index (χ1v) is 6.30. The molecule has 3 aromatic rings. The monoisotopic (exact) mass is 282 g/mol. The number of fused-ring (bicyclic) bond motifs is 1.